The molecule has 1 aromatic rings. The molecule has 0 radical (unpaired) electrons. The van der Waals surface area contributed by atoms with E-state index in [2.05, 4.69) is 59.9 Å². The first-order valence-electron chi connectivity index (χ1n) is 5.02. The van der Waals surface area contributed by atoms with Crippen molar-refractivity contribution in [2.75, 3.05) is 18.5 Å². The quantitative estimate of drug-likeness (QED) is 0.684. The zero-order valence-electron chi connectivity index (χ0n) is 8.97. The van der Waals surface area contributed by atoms with Crippen molar-refractivity contribution in [2.45, 2.75) is 25.7 Å². The van der Waals surface area contributed by atoms with Crippen molar-refractivity contribution in [2.24, 2.45) is 0 Å². The maximum absolute atomic E-state index is 3.53. The van der Waals surface area contributed by atoms with Crippen LogP contribution in [0.3, 0.4) is 0 Å². The zero-order chi connectivity index (χ0) is 10.3. The lowest BCUT2D eigenvalue weighted by Crippen LogP contribution is -2.34. The van der Waals surface area contributed by atoms with Crippen LogP contribution >= 0.6 is 15.9 Å². The molecule has 14 heavy (non-hydrogen) atoms. The summed E-state index contributed by atoms with van der Waals surface area (Å²) in [5, 5.41) is 0. The summed E-state index contributed by atoms with van der Waals surface area (Å²) in [6, 6.07) is 6.60. The van der Waals surface area contributed by atoms with Gasteiger partial charge in [0.2, 0.25) is 0 Å². The highest BCUT2D eigenvalue weighted by molar-refractivity contribution is 9.10. The maximum atomic E-state index is 3.53. The van der Waals surface area contributed by atoms with Gasteiger partial charge in [-0.15, -0.1) is 0 Å². The SMILES string of the molecule is CN1CCC(C)(C)c2ccc(Br)cc21. The minimum absolute atomic E-state index is 0.322. The van der Waals surface area contributed by atoms with Gasteiger partial charge in [0.25, 0.3) is 0 Å². The Morgan fingerprint density at radius 3 is 2.79 bits per heavy atom. The summed E-state index contributed by atoms with van der Waals surface area (Å²) >= 11 is 3.53. The summed E-state index contributed by atoms with van der Waals surface area (Å²) in [5.41, 5.74) is 3.16. The lowest BCUT2D eigenvalue weighted by molar-refractivity contribution is 0.462. The van der Waals surface area contributed by atoms with Crippen molar-refractivity contribution >= 4 is 21.6 Å². The van der Waals surface area contributed by atoms with Crippen LogP contribution in [0.2, 0.25) is 0 Å². The molecule has 0 atom stereocenters. The Bertz CT molecular complexity index is 357. The molecule has 0 amide bonds. The molecule has 0 saturated carbocycles. The number of benzene rings is 1. The third-order valence-electron chi connectivity index (χ3n) is 3.17. The van der Waals surface area contributed by atoms with Gasteiger partial charge in [0.1, 0.15) is 0 Å². The molecule has 0 bridgehead atoms. The van der Waals surface area contributed by atoms with E-state index in [0.29, 0.717) is 5.41 Å². The Hall–Kier alpha value is -0.500. The lowest BCUT2D eigenvalue weighted by atomic mass is 9.78. The van der Waals surface area contributed by atoms with Gasteiger partial charge in [0, 0.05) is 23.8 Å². The second-order valence-corrected chi connectivity index (χ2v) is 5.63. The van der Waals surface area contributed by atoms with Crippen LogP contribution in [0.15, 0.2) is 22.7 Å². The minimum Gasteiger partial charge on any atom is -0.374 e. The monoisotopic (exact) mass is 253 g/mol. The Balaban J connectivity index is 2.57. The zero-order valence-corrected chi connectivity index (χ0v) is 10.6. The van der Waals surface area contributed by atoms with E-state index in [-0.39, 0.29) is 0 Å². The van der Waals surface area contributed by atoms with E-state index in [4.69, 9.17) is 0 Å². The molecule has 0 unspecified atom stereocenters. The van der Waals surface area contributed by atoms with Crippen molar-refractivity contribution in [1.82, 2.24) is 0 Å². The Morgan fingerprint density at radius 2 is 2.07 bits per heavy atom. The number of fused-ring (bicyclic) bond motifs is 1. The second-order valence-electron chi connectivity index (χ2n) is 4.72. The van der Waals surface area contributed by atoms with Crippen LogP contribution in [-0.2, 0) is 5.41 Å². The summed E-state index contributed by atoms with van der Waals surface area (Å²) < 4.78 is 1.17. The van der Waals surface area contributed by atoms with E-state index in [1.807, 2.05) is 0 Å². The molecule has 0 saturated heterocycles. The van der Waals surface area contributed by atoms with Crippen LogP contribution in [0.25, 0.3) is 0 Å². The summed E-state index contributed by atoms with van der Waals surface area (Å²) in [5.74, 6) is 0. The Kier molecular flexibility index (Phi) is 2.34. The van der Waals surface area contributed by atoms with Crippen molar-refractivity contribution in [3.63, 3.8) is 0 Å². The molecular formula is C12H16BrN. The first kappa shape index (κ1) is 10.0. The number of hydrogen-bond donors (Lipinski definition) is 0. The maximum Gasteiger partial charge on any atom is 0.0412 e. The van der Waals surface area contributed by atoms with Crippen LogP contribution in [0.1, 0.15) is 25.8 Å². The van der Waals surface area contributed by atoms with Crippen LogP contribution in [0.5, 0.6) is 0 Å². The van der Waals surface area contributed by atoms with Gasteiger partial charge in [-0.3, -0.25) is 0 Å². The Morgan fingerprint density at radius 1 is 1.36 bits per heavy atom. The molecule has 0 aromatic heterocycles. The van der Waals surface area contributed by atoms with Crippen molar-refractivity contribution in [3.8, 4) is 0 Å². The number of halogens is 1. The van der Waals surface area contributed by atoms with Gasteiger partial charge >= 0.3 is 0 Å². The molecule has 1 aromatic carbocycles. The lowest BCUT2D eigenvalue weighted by Gasteiger charge is -2.38. The van der Waals surface area contributed by atoms with Crippen molar-refractivity contribution in [3.05, 3.63) is 28.2 Å². The smallest absolute Gasteiger partial charge is 0.0412 e. The van der Waals surface area contributed by atoms with Gasteiger partial charge in [-0.05, 0) is 29.5 Å². The third kappa shape index (κ3) is 1.56. The molecule has 1 aliphatic heterocycles. The highest BCUT2D eigenvalue weighted by atomic mass is 79.9. The van der Waals surface area contributed by atoms with Gasteiger partial charge in [0.15, 0.2) is 0 Å². The molecule has 0 N–H and O–H groups in total. The predicted molar refractivity (Wildman–Crippen MR) is 65.1 cm³/mol. The number of rotatable bonds is 0. The summed E-state index contributed by atoms with van der Waals surface area (Å²) in [6.07, 6.45) is 1.23. The summed E-state index contributed by atoms with van der Waals surface area (Å²) in [7, 11) is 2.17. The Labute approximate surface area is 94.2 Å². The van der Waals surface area contributed by atoms with Crippen molar-refractivity contribution < 1.29 is 0 Å². The predicted octanol–water partition coefficient (Wildman–Crippen LogP) is 3.57. The van der Waals surface area contributed by atoms with E-state index < -0.39 is 0 Å². The summed E-state index contributed by atoms with van der Waals surface area (Å²) in [6.45, 7) is 5.80. The van der Waals surface area contributed by atoms with Crippen LogP contribution < -0.4 is 4.90 Å². The number of anilines is 1. The molecule has 76 valence electrons. The van der Waals surface area contributed by atoms with E-state index in [1.54, 1.807) is 0 Å². The fourth-order valence-corrected chi connectivity index (χ4v) is 2.44. The normalized spacial score (nSPS) is 19.3. The van der Waals surface area contributed by atoms with Gasteiger partial charge in [-0.25, -0.2) is 0 Å². The molecule has 0 spiro atoms. The molecule has 1 aliphatic rings. The van der Waals surface area contributed by atoms with Crippen LogP contribution in [-0.4, -0.2) is 13.6 Å². The van der Waals surface area contributed by atoms with E-state index in [0.717, 1.165) is 6.54 Å². The van der Waals surface area contributed by atoms with E-state index >= 15 is 0 Å². The van der Waals surface area contributed by atoms with Gasteiger partial charge < -0.3 is 4.90 Å². The van der Waals surface area contributed by atoms with Gasteiger partial charge in [-0.2, -0.15) is 0 Å². The van der Waals surface area contributed by atoms with Gasteiger partial charge in [0.05, 0.1) is 0 Å². The van der Waals surface area contributed by atoms with Crippen LogP contribution in [0.4, 0.5) is 5.69 Å². The molecule has 2 rings (SSSR count). The van der Waals surface area contributed by atoms with Gasteiger partial charge in [-0.1, -0.05) is 35.8 Å². The average molecular weight is 254 g/mol. The highest BCUT2D eigenvalue weighted by Crippen LogP contribution is 2.39. The number of nitrogens with zero attached hydrogens (tertiary/aromatic N) is 1. The molecule has 2 heteroatoms. The third-order valence-corrected chi connectivity index (χ3v) is 3.67. The fraction of sp³-hybridized carbons (Fsp3) is 0.500. The molecular weight excluding hydrogens is 238 g/mol. The molecule has 0 fully saturated rings. The first-order valence-corrected chi connectivity index (χ1v) is 5.81. The second kappa shape index (κ2) is 3.27. The number of hydrogen-bond acceptors (Lipinski definition) is 1. The fourth-order valence-electron chi connectivity index (χ4n) is 2.10. The highest BCUT2D eigenvalue weighted by Gasteiger charge is 2.29. The first-order chi connectivity index (χ1) is 6.50. The summed E-state index contributed by atoms with van der Waals surface area (Å²) in [4.78, 5) is 2.34. The topological polar surface area (TPSA) is 3.24 Å². The minimum atomic E-state index is 0.322. The molecule has 0 aliphatic carbocycles. The largest absolute Gasteiger partial charge is 0.374 e. The van der Waals surface area contributed by atoms with E-state index in [1.165, 1.54) is 22.1 Å². The standard InChI is InChI=1S/C12H16BrN/c1-12(2)6-7-14(3)11-8-9(13)4-5-10(11)12/h4-5,8H,6-7H2,1-3H3. The van der Waals surface area contributed by atoms with E-state index in [9.17, 15) is 0 Å². The molecule has 1 heterocycles. The van der Waals surface area contributed by atoms with Crippen molar-refractivity contribution in [1.29, 1.82) is 0 Å². The van der Waals surface area contributed by atoms with Crippen LogP contribution in [0, 0.1) is 0 Å². The molecule has 1 nitrogen and oxygen atoms in total. The average Bonchev–Trinajstić information content (AvgIpc) is 2.12.